The second-order valence-corrected chi connectivity index (χ2v) is 6.05. The van der Waals surface area contributed by atoms with Crippen molar-refractivity contribution < 1.29 is 25.9 Å². The Labute approximate surface area is 94.9 Å². The van der Waals surface area contributed by atoms with Gasteiger partial charge in [0.05, 0.1) is 38.3 Å². The number of hydrogen-bond acceptors (Lipinski definition) is 7. The molecule has 16 heavy (non-hydrogen) atoms. The largest absolute Gasteiger partial charge is 0.748 e. The average Bonchev–Trinajstić information content (AvgIpc) is 2.07. The second-order valence-electron chi connectivity index (χ2n) is 3.00. The van der Waals surface area contributed by atoms with Gasteiger partial charge in [-0.25, -0.2) is 16.8 Å². The van der Waals surface area contributed by atoms with Crippen LogP contribution in [0.15, 0.2) is 0 Å². The molecule has 0 radical (unpaired) electrons. The Morgan fingerprint density at radius 3 is 1.62 bits per heavy atom. The zero-order valence-electron chi connectivity index (χ0n) is 8.33. The fourth-order valence-corrected chi connectivity index (χ4v) is 1.84. The molecule has 0 aromatic heterocycles. The highest BCUT2D eigenvalue weighted by Gasteiger charge is 2.07. The second kappa shape index (κ2) is 6.17. The van der Waals surface area contributed by atoms with Gasteiger partial charge in [-0.15, -0.1) is 6.42 Å². The molecule has 9 heteroatoms. The highest BCUT2D eigenvalue weighted by molar-refractivity contribution is 7.85. The fourth-order valence-electron chi connectivity index (χ4n) is 0.881. The van der Waals surface area contributed by atoms with Gasteiger partial charge in [0.1, 0.15) is 0 Å². The minimum absolute atomic E-state index is 0.0228. The molecule has 0 aromatic rings. The highest BCUT2D eigenvalue weighted by Crippen LogP contribution is 1.93. The van der Waals surface area contributed by atoms with Crippen molar-refractivity contribution in [3.8, 4) is 12.3 Å². The summed E-state index contributed by atoms with van der Waals surface area (Å²) in [5.74, 6) is 0.826. The van der Waals surface area contributed by atoms with Crippen LogP contribution >= 0.6 is 0 Å². The van der Waals surface area contributed by atoms with E-state index in [-0.39, 0.29) is 19.6 Å². The molecule has 0 aromatic carbocycles. The summed E-state index contributed by atoms with van der Waals surface area (Å²) < 4.78 is 62.0. The van der Waals surface area contributed by atoms with Crippen LogP contribution < -0.4 is 0 Å². The molecule has 0 aliphatic carbocycles. The van der Waals surface area contributed by atoms with Gasteiger partial charge in [0, 0.05) is 13.1 Å². The summed E-state index contributed by atoms with van der Waals surface area (Å²) in [5, 5.41) is 0. The van der Waals surface area contributed by atoms with E-state index in [2.05, 4.69) is 5.92 Å². The molecule has 0 rings (SSSR count). The van der Waals surface area contributed by atoms with E-state index in [0.29, 0.717) is 0 Å². The van der Waals surface area contributed by atoms with E-state index in [1.807, 2.05) is 0 Å². The van der Waals surface area contributed by atoms with E-state index in [4.69, 9.17) is 6.42 Å². The first-order valence-electron chi connectivity index (χ1n) is 4.17. The number of nitrogens with zero attached hydrogens (tertiary/aromatic N) is 1. The van der Waals surface area contributed by atoms with E-state index in [1.54, 1.807) is 0 Å². The third-order valence-electron chi connectivity index (χ3n) is 1.63. The van der Waals surface area contributed by atoms with Crippen LogP contribution in [-0.4, -0.2) is 62.0 Å². The predicted octanol–water partition coefficient (Wildman–Crippen LogP) is -1.99. The van der Waals surface area contributed by atoms with E-state index in [0.717, 1.165) is 0 Å². The maximum absolute atomic E-state index is 10.3. The van der Waals surface area contributed by atoms with Crippen LogP contribution in [0.25, 0.3) is 0 Å². The van der Waals surface area contributed by atoms with Crippen LogP contribution in [0.2, 0.25) is 0 Å². The standard InChI is InChI=1S/C7H13NO6S2/c1-2-3-8(4-6-15(9,10)11)5-7-16(12,13)14/h1H,3-7H2,(H,9,10,11)(H,12,13,14)/p-2. The Morgan fingerprint density at radius 1 is 1.00 bits per heavy atom. The molecule has 94 valence electrons. The molecule has 0 heterocycles. The minimum atomic E-state index is -4.38. The maximum Gasteiger partial charge on any atom is 0.0958 e. The lowest BCUT2D eigenvalue weighted by Crippen LogP contribution is -2.33. The predicted molar refractivity (Wildman–Crippen MR) is 54.4 cm³/mol. The van der Waals surface area contributed by atoms with Gasteiger partial charge in [-0.3, -0.25) is 4.90 Å². The molecule has 0 aliphatic heterocycles. The normalized spacial score (nSPS) is 12.6. The van der Waals surface area contributed by atoms with Crippen LogP contribution in [0.4, 0.5) is 0 Å². The Kier molecular flexibility index (Phi) is 5.91. The summed E-state index contributed by atoms with van der Waals surface area (Å²) in [7, 11) is -8.76. The zero-order chi connectivity index (χ0) is 12.8. The first-order valence-corrected chi connectivity index (χ1v) is 7.32. The van der Waals surface area contributed by atoms with Crippen molar-refractivity contribution in [1.29, 1.82) is 0 Å². The molecule has 0 fully saturated rings. The summed E-state index contributed by atoms with van der Waals surface area (Å²) in [6.07, 6.45) is 4.96. The van der Waals surface area contributed by atoms with Crippen LogP contribution in [-0.2, 0) is 20.2 Å². The molecule has 7 nitrogen and oxygen atoms in total. The van der Waals surface area contributed by atoms with Crippen molar-refractivity contribution in [2.45, 2.75) is 0 Å². The van der Waals surface area contributed by atoms with E-state index < -0.39 is 31.7 Å². The lowest BCUT2D eigenvalue weighted by atomic mass is 10.5. The smallest absolute Gasteiger partial charge is 0.0958 e. The van der Waals surface area contributed by atoms with Gasteiger partial charge in [0.25, 0.3) is 0 Å². The number of hydrogen-bond donors (Lipinski definition) is 0. The Morgan fingerprint density at radius 2 is 1.38 bits per heavy atom. The molecule has 0 aliphatic rings. The summed E-state index contributed by atoms with van der Waals surface area (Å²) in [6, 6.07) is 0. The molecule has 0 spiro atoms. The van der Waals surface area contributed by atoms with Crippen LogP contribution in [0, 0.1) is 12.3 Å². The molecular formula is C7H11NO6S2-2. The van der Waals surface area contributed by atoms with Gasteiger partial charge in [-0.05, 0) is 0 Å². The lowest BCUT2D eigenvalue weighted by Gasteiger charge is -2.21. The van der Waals surface area contributed by atoms with Crippen molar-refractivity contribution in [3.05, 3.63) is 0 Å². The molecular weight excluding hydrogens is 258 g/mol. The third-order valence-corrected chi connectivity index (χ3v) is 3.00. The van der Waals surface area contributed by atoms with Crippen molar-refractivity contribution in [2.24, 2.45) is 0 Å². The van der Waals surface area contributed by atoms with Crippen LogP contribution in [0.3, 0.4) is 0 Å². The fraction of sp³-hybridized carbons (Fsp3) is 0.714. The average molecular weight is 269 g/mol. The van der Waals surface area contributed by atoms with Crippen molar-refractivity contribution >= 4 is 20.2 Å². The summed E-state index contributed by atoms with van der Waals surface area (Å²) in [6.45, 7) is -0.401. The summed E-state index contributed by atoms with van der Waals surface area (Å²) >= 11 is 0. The van der Waals surface area contributed by atoms with Gasteiger partial charge < -0.3 is 9.11 Å². The Bertz CT molecular complexity index is 410. The van der Waals surface area contributed by atoms with Gasteiger partial charge in [-0.1, -0.05) is 5.92 Å². The first-order chi connectivity index (χ1) is 7.14. The van der Waals surface area contributed by atoms with Crippen molar-refractivity contribution in [2.75, 3.05) is 31.1 Å². The quantitative estimate of drug-likeness (QED) is 0.388. The molecule has 0 unspecified atom stereocenters. The topological polar surface area (TPSA) is 118 Å². The molecule has 0 atom stereocenters. The molecule has 0 N–H and O–H groups in total. The maximum atomic E-state index is 10.3. The van der Waals surface area contributed by atoms with Crippen molar-refractivity contribution in [3.63, 3.8) is 0 Å². The first kappa shape index (κ1) is 15.3. The SMILES string of the molecule is C#CCN(CCS(=O)(=O)[O-])CCS(=O)(=O)[O-]. The highest BCUT2D eigenvalue weighted by atomic mass is 32.2. The van der Waals surface area contributed by atoms with Crippen LogP contribution in [0.1, 0.15) is 0 Å². The third kappa shape index (κ3) is 9.88. The number of terminal acetylenes is 1. The van der Waals surface area contributed by atoms with Crippen molar-refractivity contribution in [1.82, 2.24) is 4.90 Å². The summed E-state index contributed by atoms with van der Waals surface area (Å²) in [5.41, 5.74) is 0. The van der Waals surface area contributed by atoms with E-state index in [1.165, 1.54) is 4.90 Å². The molecule has 0 saturated carbocycles. The van der Waals surface area contributed by atoms with E-state index >= 15 is 0 Å². The van der Waals surface area contributed by atoms with E-state index in [9.17, 15) is 25.9 Å². The molecule has 0 bridgehead atoms. The van der Waals surface area contributed by atoms with Gasteiger partial charge in [-0.2, -0.15) is 0 Å². The lowest BCUT2D eigenvalue weighted by molar-refractivity contribution is 0.334. The molecule has 0 amide bonds. The van der Waals surface area contributed by atoms with Gasteiger partial charge in [0.15, 0.2) is 0 Å². The van der Waals surface area contributed by atoms with Gasteiger partial charge in [0.2, 0.25) is 0 Å². The molecule has 0 saturated heterocycles. The zero-order valence-corrected chi connectivity index (χ0v) is 9.96. The van der Waals surface area contributed by atoms with Crippen LogP contribution in [0.5, 0.6) is 0 Å². The minimum Gasteiger partial charge on any atom is -0.748 e. The number of rotatable bonds is 7. The summed E-state index contributed by atoms with van der Waals surface area (Å²) in [4.78, 5) is 1.24. The van der Waals surface area contributed by atoms with Gasteiger partial charge >= 0.3 is 0 Å². The Hall–Kier alpha value is -0.660. The Balaban J connectivity index is 4.25. The monoisotopic (exact) mass is 269 g/mol.